The predicted octanol–water partition coefficient (Wildman–Crippen LogP) is 1.86. The van der Waals surface area contributed by atoms with Gasteiger partial charge in [-0.2, -0.15) is 0 Å². The van der Waals surface area contributed by atoms with Crippen molar-refractivity contribution >= 4 is 17.7 Å². The molecule has 0 N–H and O–H groups in total. The van der Waals surface area contributed by atoms with E-state index in [9.17, 15) is 4.79 Å². The van der Waals surface area contributed by atoms with Crippen LogP contribution >= 0.6 is 11.8 Å². The second kappa shape index (κ2) is 7.10. The third-order valence-electron chi connectivity index (χ3n) is 3.43. The lowest BCUT2D eigenvalue weighted by Gasteiger charge is -2.35. The molecule has 0 unspecified atom stereocenters. The average Bonchev–Trinajstić information content (AvgIpc) is 3.01. The smallest absolute Gasteiger partial charge is 0.277 e. The molecule has 2 atom stereocenters. The van der Waals surface area contributed by atoms with Gasteiger partial charge in [-0.25, -0.2) is 0 Å². The lowest BCUT2D eigenvalue weighted by molar-refractivity contribution is -0.140. The molecule has 0 aliphatic carbocycles. The van der Waals surface area contributed by atoms with Gasteiger partial charge in [0.25, 0.3) is 5.22 Å². The Morgan fingerprint density at radius 3 is 2.65 bits per heavy atom. The summed E-state index contributed by atoms with van der Waals surface area (Å²) in [6, 6.07) is 3.59. The van der Waals surface area contributed by atoms with Crippen LogP contribution in [-0.2, 0) is 9.53 Å². The first-order valence-electron chi connectivity index (χ1n) is 7.42. The lowest BCUT2D eigenvalue weighted by Crippen LogP contribution is -2.48. The van der Waals surface area contributed by atoms with Crippen molar-refractivity contribution in [3.8, 4) is 11.5 Å². The van der Waals surface area contributed by atoms with Crippen LogP contribution in [0.5, 0.6) is 0 Å². The van der Waals surface area contributed by atoms with Crippen LogP contribution in [0.2, 0.25) is 0 Å². The number of pyridine rings is 1. The Labute approximate surface area is 138 Å². The average molecular weight is 334 g/mol. The monoisotopic (exact) mass is 334 g/mol. The van der Waals surface area contributed by atoms with Gasteiger partial charge in [-0.15, -0.1) is 10.2 Å². The van der Waals surface area contributed by atoms with E-state index >= 15 is 0 Å². The van der Waals surface area contributed by atoms with Crippen molar-refractivity contribution in [3.05, 3.63) is 24.5 Å². The molecule has 2 aromatic rings. The van der Waals surface area contributed by atoms with E-state index in [2.05, 4.69) is 15.2 Å². The van der Waals surface area contributed by atoms with Gasteiger partial charge in [0.15, 0.2) is 0 Å². The third kappa shape index (κ3) is 4.08. The summed E-state index contributed by atoms with van der Waals surface area (Å²) in [6.07, 6.45) is 3.46. The minimum Gasteiger partial charge on any atom is -0.411 e. The largest absolute Gasteiger partial charge is 0.411 e. The number of rotatable bonds is 4. The molecular formula is C15H18N4O3S. The maximum absolute atomic E-state index is 12.3. The fourth-order valence-corrected chi connectivity index (χ4v) is 3.14. The first kappa shape index (κ1) is 15.9. The zero-order valence-electron chi connectivity index (χ0n) is 13.0. The molecule has 122 valence electrons. The van der Waals surface area contributed by atoms with Crippen LogP contribution in [-0.4, -0.2) is 57.0 Å². The van der Waals surface area contributed by atoms with Crippen LogP contribution in [0.25, 0.3) is 11.5 Å². The quantitative estimate of drug-likeness (QED) is 0.789. The van der Waals surface area contributed by atoms with Crippen LogP contribution in [0, 0.1) is 0 Å². The van der Waals surface area contributed by atoms with Crippen molar-refractivity contribution in [2.24, 2.45) is 0 Å². The molecule has 1 fully saturated rings. The van der Waals surface area contributed by atoms with Crippen LogP contribution in [0.4, 0.5) is 0 Å². The van der Waals surface area contributed by atoms with Gasteiger partial charge in [0.05, 0.1) is 18.0 Å². The standard InChI is InChI=1S/C15H18N4O3S/c1-10-7-19(8-11(2)21-10)13(20)9-23-15-18-17-14(22-15)12-3-5-16-6-4-12/h3-6,10-11H,7-9H2,1-2H3/t10-,11-/m1/s1. The Balaban J connectivity index is 1.56. The number of hydrogen-bond acceptors (Lipinski definition) is 7. The topological polar surface area (TPSA) is 81.4 Å². The first-order chi connectivity index (χ1) is 11.1. The Bertz CT molecular complexity index is 654. The van der Waals surface area contributed by atoms with Gasteiger partial charge < -0.3 is 14.1 Å². The molecule has 23 heavy (non-hydrogen) atoms. The molecule has 7 nitrogen and oxygen atoms in total. The minimum absolute atomic E-state index is 0.0562. The van der Waals surface area contributed by atoms with Crippen LogP contribution in [0.15, 0.2) is 34.2 Å². The fraction of sp³-hybridized carbons (Fsp3) is 0.467. The second-order valence-electron chi connectivity index (χ2n) is 5.45. The molecule has 0 spiro atoms. The van der Waals surface area contributed by atoms with Gasteiger partial charge in [0.2, 0.25) is 11.8 Å². The van der Waals surface area contributed by atoms with Gasteiger partial charge in [-0.1, -0.05) is 11.8 Å². The molecule has 0 radical (unpaired) electrons. The summed E-state index contributed by atoms with van der Waals surface area (Å²) in [5.74, 6) is 0.758. The number of amides is 1. The van der Waals surface area contributed by atoms with Crippen LogP contribution in [0.1, 0.15) is 13.8 Å². The van der Waals surface area contributed by atoms with E-state index < -0.39 is 0 Å². The highest BCUT2D eigenvalue weighted by Crippen LogP contribution is 2.23. The molecule has 1 aliphatic heterocycles. The Kier molecular flexibility index (Phi) is 4.92. The molecule has 2 aromatic heterocycles. The highest BCUT2D eigenvalue weighted by Gasteiger charge is 2.26. The van der Waals surface area contributed by atoms with Crippen molar-refractivity contribution in [2.75, 3.05) is 18.8 Å². The molecule has 8 heteroatoms. The summed E-state index contributed by atoms with van der Waals surface area (Å²) in [7, 11) is 0. The molecule has 0 bridgehead atoms. The van der Waals surface area contributed by atoms with Crippen LogP contribution in [0.3, 0.4) is 0 Å². The van der Waals surface area contributed by atoms with E-state index in [1.807, 2.05) is 18.7 Å². The van der Waals surface area contributed by atoms with Crippen molar-refractivity contribution in [1.29, 1.82) is 0 Å². The number of thioether (sulfide) groups is 1. The number of aromatic nitrogens is 3. The molecule has 1 amide bonds. The zero-order chi connectivity index (χ0) is 16.2. The fourth-order valence-electron chi connectivity index (χ4n) is 2.48. The van der Waals surface area contributed by atoms with Gasteiger partial charge in [-0.3, -0.25) is 9.78 Å². The number of morpholine rings is 1. The molecule has 0 aromatic carbocycles. The van der Waals surface area contributed by atoms with E-state index in [0.29, 0.717) is 24.2 Å². The zero-order valence-corrected chi connectivity index (χ0v) is 13.8. The summed E-state index contributed by atoms with van der Waals surface area (Å²) >= 11 is 1.25. The van der Waals surface area contributed by atoms with Crippen molar-refractivity contribution in [2.45, 2.75) is 31.3 Å². The van der Waals surface area contributed by atoms with Crippen molar-refractivity contribution in [1.82, 2.24) is 20.1 Å². The van der Waals surface area contributed by atoms with Gasteiger partial charge in [0.1, 0.15) is 0 Å². The van der Waals surface area contributed by atoms with Crippen molar-refractivity contribution in [3.63, 3.8) is 0 Å². The summed E-state index contributed by atoms with van der Waals surface area (Å²) in [4.78, 5) is 18.1. The van der Waals surface area contributed by atoms with E-state index in [-0.39, 0.29) is 23.9 Å². The molecule has 1 aliphatic rings. The predicted molar refractivity (Wildman–Crippen MR) is 84.8 cm³/mol. The number of ether oxygens (including phenoxy) is 1. The molecule has 3 heterocycles. The highest BCUT2D eigenvalue weighted by atomic mass is 32.2. The van der Waals surface area contributed by atoms with E-state index in [1.54, 1.807) is 24.5 Å². The Morgan fingerprint density at radius 2 is 1.96 bits per heavy atom. The maximum atomic E-state index is 12.3. The van der Waals surface area contributed by atoms with E-state index in [1.165, 1.54) is 11.8 Å². The van der Waals surface area contributed by atoms with Gasteiger partial charge >= 0.3 is 0 Å². The highest BCUT2D eigenvalue weighted by molar-refractivity contribution is 7.99. The first-order valence-corrected chi connectivity index (χ1v) is 8.40. The maximum Gasteiger partial charge on any atom is 0.277 e. The van der Waals surface area contributed by atoms with Gasteiger partial charge in [-0.05, 0) is 26.0 Å². The number of nitrogens with zero attached hydrogens (tertiary/aromatic N) is 4. The SMILES string of the molecule is C[C@@H]1CN(C(=O)CSc2nnc(-c3ccncc3)o2)C[C@@H](C)O1. The Hall–Kier alpha value is -1.93. The van der Waals surface area contributed by atoms with E-state index in [4.69, 9.17) is 9.15 Å². The summed E-state index contributed by atoms with van der Waals surface area (Å²) in [5.41, 5.74) is 0.807. The number of carbonyl (C=O) groups excluding carboxylic acids is 1. The lowest BCUT2D eigenvalue weighted by atomic mass is 10.2. The van der Waals surface area contributed by atoms with Crippen LogP contribution < -0.4 is 0 Å². The Morgan fingerprint density at radius 1 is 1.26 bits per heavy atom. The molecule has 0 saturated carbocycles. The molecular weight excluding hydrogens is 316 g/mol. The van der Waals surface area contributed by atoms with Gasteiger partial charge in [0, 0.05) is 31.0 Å². The summed E-state index contributed by atoms with van der Waals surface area (Å²) in [6.45, 7) is 5.19. The normalized spacial score (nSPS) is 21.4. The van der Waals surface area contributed by atoms with E-state index in [0.717, 1.165) is 5.56 Å². The summed E-state index contributed by atoms with van der Waals surface area (Å²) < 4.78 is 11.2. The summed E-state index contributed by atoms with van der Waals surface area (Å²) in [5, 5.41) is 8.35. The molecule has 3 rings (SSSR count). The molecule has 1 saturated heterocycles. The number of carbonyl (C=O) groups is 1. The van der Waals surface area contributed by atoms with Crippen molar-refractivity contribution < 1.29 is 13.9 Å². The third-order valence-corrected chi connectivity index (χ3v) is 4.23. The minimum atomic E-state index is 0.0562. The number of hydrogen-bond donors (Lipinski definition) is 0. The second-order valence-corrected chi connectivity index (χ2v) is 6.38.